The molecule has 4 fully saturated rings. The summed E-state index contributed by atoms with van der Waals surface area (Å²) < 4.78 is 34.8. The molecule has 13 rings (SSSR count). The second kappa shape index (κ2) is 25.9. The number of aliphatic hydroxyl groups excluding tert-OH is 5. The Morgan fingerprint density at radius 2 is 1.71 bits per heavy atom. The fraction of sp³-hybridized carbons (Fsp3) is 0.493. The number of rotatable bonds is 12. The van der Waals surface area contributed by atoms with Crippen LogP contribution in [0.25, 0.3) is 0 Å². The number of benzene rings is 4. The number of para-hydroxylation sites is 1. The molecule has 9 aliphatic rings. The van der Waals surface area contributed by atoms with Gasteiger partial charge in [-0.2, -0.15) is 0 Å². The van der Waals surface area contributed by atoms with Crippen molar-refractivity contribution in [3.8, 4) is 23.3 Å². The molecule has 1 saturated carbocycles. The van der Waals surface area contributed by atoms with Crippen molar-refractivity contribution in [1.82, 2.24) is 26.6 Å². The number of anilines is 1. The molecule has 4 aromatic rings. The zero-order valence-corrected chi connectivity index (χ0v) is 49.7. The number of nitrogens with two attached hydrogens (primary N) is 2. The number of ether oxygens (including phenoxy) is 5. The van der Waals surface area contributed by atoms with E-state index in [0.29, 0.717) is 47.6 Å². The molecule has 0 aromatic heterocycles. The number of dihydropyridines is 1. The number of carbonyl (C=O) groups is 4. The van der Waals surface area contributed by atoms with E-state index in [0.717, 1.165) is 42.4 Å². The van der Waals surface area contributed by atoms with E-state index < -0.39 is 115 Å². The number of amides is 1. The zero-order valence-electron chi connectivity index (χ0n) is 49.7. The van der Waals surface area contributed by atoms with Gasteiger partial charge in [0.05, 0.1) is 62.9 Å². The van der Waals surface area contributed by atoms with Gasteiger partial charge in [-0.05, 0) is 96.5 Å². The molecule has 0 spiro atoms. The summed E-state index contributed by atoms with van der Waals surface area (Å²) in [4.78, 5) is 58.5. The molecule has 15 N–H and O–H groups in total. The van der Waals surface area contributed by atoms with Crippen LogP contribution in [0.2, 0.25) is 0 Å². The van der Waals surface area contributed by atoms with Crippen LogP contribution >= 0.6 is 0 Å². The highest BCUT2D eigenvalue weighted by Crippen LogP contribution is 2.53. The third-order valence-corrected chi connectivity index (χ3v) is 19.6. The van der Waals surface area contributed by atoms with E-state index in [1.54, 1.807) is 12.1 Å². The van der Waals surface area contributed by atoms with Crippen LogP contribution in [-0.4, -0.2) is 174 Å². The van der Waals surface area contributed by atoms with Crippen LogP contribution < -0.4 is 52.4 Å². The van der Waals surface area contributed by atoms with E-state index in [4.69, 9.17) is 35.2 Å². The summed E-state index contributed by atoms with van der Waals surface area (Å²) in [6, 6.07) is 20.7. The van der Waals surface area contributed by atoms with Crippen molar-refractivity contribution in [2.45, 2.75) is 143 Å². The molecule has 1 amide bonds. The Hall–Kier alpha value is -7.12. The quantitative estimate of drug-likeness (QED) is 0.0596. The van der Waals surface area contributed by atoms with Gasteiger partial charge in [0.2, 0.25) is 12.2 Å². The summed E-state index contributed by atoms with van der Waals surface area (Å²) in [5, 5.41) is 90.3. The number of nitrogens with one attached hydrogen (secondary N) is 5. The second-order valence-electron chi connectivity index (χ2n) is 25.2. The molecule has 476 valence electrons. The molecule has 3 saturated heterocycles. The van der Waals surface area contributed by atoms with Crippen LogP contribution in [0.4, 0.5) is 5.69 Å². The SMILES string of the molecule is NC1=C(CNC2CCCC2)C(C2COC3C4Oc5c(cc6c(c5OCC(O)CC=O)C(=O)c5cc(CO)ccc5C6=O)C(c5ccccc5N5CNC6C(=O)NC(N)NC65)C5CCC(O)C(C#CC(O)(C(COC5)O4)C3O)Cc3cccc(c3)CC2O)=CCN1. The summed E-state index contributed by atoms with van der Waals surface area (Å²) in [5.74, 6) is 1.00. The third kappa shape index (κ3) is 11.7. The highest BCUT2D eigenvalue weighted by atomic mass is 16.7. The number of fused-ring (bicyclic) bond motifs is 13. The Bertz CT molecular complexity index is 3570. The zero-order chi connectivity index (χ0) is 62.5. The minimum atomic E-state index is -2.52. The topological polar surface area (TPSA) is 351 Å². The molecule has 0 radical (unpaired) electrons. The number of carbonyl (C=O) groups excluding carboxylic acids is 4. The van der Waals surface area contributed by atoms with Gasteiger partial charge in [0.15, 0.2) is 28.7 Å². The number of hydrogen-bond donors (Lipinski definition) is 13. The van der Waals surface area contributed by atoms with E-state index in [1.807, 2.05) is 59.5 Å². The largest absolute Gasteiger partial charge is 0.486 e. The van der Waals surface area contributed by atoms with Crippen molar-refractivity contribution in [2.75, 3.05) is 51.1 Å². The van der Waals surface area contributed by atoms with Crippen LogP contribution in [0.3, 0.4) is 0 Å². The second-order valence-corrected chi connectivity index (χ2v) is 25.2. The number of aliphatic hydroxyl groups is 6. The Morgan fingerprint density at radius 1 is 0.900 bits per heavy atom. The molecule has 90 heavy (non-hydrogen) atoms. The van der Waals surface area contributed by atoms with E-state index in [2.05, 4.69) is 38.4 Å². The lowest BCUT2D eigenvalue weighted by Gasteiger charge is -2.47. The Morgan fingerprint density at radius 3 is 2.52 bits per heavy atom. The van der Waals surface area contributed by atoms with E-state index in [9.17, 15) is 40.2 Å². The first-order chi connectivity index (χ1) is 43.6. The number of ketones is 2. The molecular formula is C67H78N8O15. The lowest BCUT2D eigenvalue weighted by molar-refractivity contribution is -0.310. The third-order valence-electron chi connectivity index (χ3n) is 19.6. The van der Waals surface area contributed by atoms with Crippen LogP contribution in [-0.2, 0) is 43.2 Å². The van der Waals surface area contributed by atoms with Gasteiger partial charge in [0.1, 0.15) is 55.5 Å². The van der Waals surface area contributed by atoms with Gasteiger partial charge < -0.3 is 85.7 Å². The fourth-order valence-corrected chi connectivity index (χ4v) is 14.8. The minimum absolute atomic E-state index is 0.0356. The molecule has 23 heteroatoms. The number of aldehydes is 1. The fourth-order valence-electron chi connectivity index (χ4n) is 14.8. The average Bonchev–Trinajstić information content (AvgIpc) is 0.929. The molecular weight excluding hydrogens is 1160 g/mol. The van der Waals surface area contributed by atoms with Crippen molar-refractivity contribution in [2.24, 2.45) is 29.2 Å². The van der Waals surface area contributed by atoms with E-state index >= 15 is 9.59 Å². The minimum Gasteiger partial charge on any atom is -0.486 e. The average molecular weight is 1240 g/mol. The Kier molecular flexibility index (Phi) is 17.7. The summed E-state index contributed by atoms with van der Waals surface area (Å²) in [6.07, 6.45) is -5.60. The standard InChI is InChI=1S/C67H78N8O15/c68-62-47(27-71-39-8-1-2-9-39)41(17-20-70-62)48-31-88-60-61(83)67(85)19-16-37(23-34-6-5-7-35(22-34)25-51(48)80)50(79)15-13-38-29-86-32-52(67)89-65(60)90-58-46(53(38)43-10-3-4-11-49(43)75-33-72-55-63(75)73-66(69)74-64(55)84)26-45-54(59(58)87-30-40(78)18-21-76)57(82)44-24-36(28-77)12-14-42(44)56(45)81/h3-7,10-12,14,17,21-22,24,26,37-40,48,50-53,55,60-61,63,65-66,70-73,77-80,83,85H,1-2,8-9,13,15,18,20,23,25,27-33,68-69H2,(H,74,84). The lowest BCUT2D eigenvalue weighted by atomic mass is 9.74. The van der Waals surface area contributed by atoms with E-state index in [-0.39, 0.29) is 110 Å². The summed E-state index contributed by atoms with van der Waals surface area (Å²) in [5.41, 5.74) is 15.0. The molecule has 4 aromatic carbocycles. The van der Waals surface area contributed by atoms with Crippen molar-refractivity contribution < 1.29 is 73.5 Å². The van der Waals surface area contributed by atoms with Crippen LogP contribution in [0.15, 0.2) is 95.8 Å². The van der Waals surface area contributed by atoms with Crippen LogP contribution in [0, 0.1) is 29.6 Å². The van der Waals surface area contributed by atoms with Crippen LogP contribution in [0.1, 0.15) is 111 Å². The summed E-state index contributed by atoms with van der Waals surface area (Å²) in [7, 11) is 0. The molecule has 15 unspecified atom stereocenters. The molecule has 2 aliphatic carbocycles. The highest BCUT2D eigenvalue weighted by molar-refractivity contribution is 6.29. The molecule has 15 atom stereocenters. The van der Waals surface area contributed by atoms with Gasteiger partial charge in [-0.3, -0.25) is 30.8 Å². The monoisotopic (exact) mass is 1230 g/mol. The van der Waals surface area contributed by atoms with Crippen molar-refractivity contribution in [1.29, 1.82) is 0 Å². The van der Waals surface area contributed by atoms with Gasteiger partial charge in [0, 0.05) is 70.9 Å². The first kappa shape index (κ1) is 61.7. The van der Waals surface area contributed by atoms with Gasteiger partial charge in [-0.25, -0.2) is 0 Å². The predicted molar refractivity (Wildman–Crippen MR) is 325 cm³/mol. The van der Waals surface area contributed by atoms with Crippen LogP contribution in [0.5, 0.6) is 11.5 Å². The predicted octanol–water partition coefficient (Wildman–Crippen LogP) is 0.448. The lowest BCUT2D eigenvalue weighted by Crippen LogP contribution is -2.70. The maximum absolute atomic E-state index is 15.5. The summed E-state index contributed by atoms with van der Waals surface area (Å²) >= 11 is 0. The molecule has 7 aliphatic heterocycles. The van der Waals surface area contributed by atoms with Gasteiger partial charge in [0.25, 0.3) is 0 Å². The maximum atomic E-state index is 15.5. The Labute approximate surface area is 520 Å². The first-order valence-electron chi connectivity index (χ1n) is 31.3. The highest BCUT2D eigenvalue weighted by Gasteiger charge is 2.58. The van der Waals surface area contributed by atoms with Gasteiger partial charge >= 0.3 is 0 Å². The molecule has 7 heterocycles. The number of nitrogens with zero attached hydrogens (tertiary/aromatic N) is 1. The number of hydrogen-bond acceptors (Lipinski definition) is 22. The van der Waals surface area contributed by atoms with Crippen molar-refractivity contribution >= 4 is 29.4 Å². The molecule has 8 bridgehead atoms. The van der Waals surface area contributed by atoms with Crippen molar-refractivity contribution in [3.63, 3.8) is 0 Å². The van der Waals surface area contributed by atoms with Gasteiger partial charge in [-0.1, -0.05) is 79.3 Å². The maximum Gasteiger partial charge on any atom is 0.242 e. The molecule has 23 nitrogen and oxygen atoms in total. The first-order valence-corrected chi connectivity index (χ1v) is 31.3. The smallest absolute Gasteiger partial charge is 0.242 e. The Balaban J connectivity index is 1.05. The normalized spacial score (nSPS) is 32.1. The van der Waals surface area contributed by atoms with Crippen molar-refractivity contribution in [3.05, 3.63) is 146 Å². The summed E-state index contributed by atoms with van der Waals surface area (Å²) in [6.45, 7) is -1.07. The van der Waals surface area contributed by atoms with E-state index in [1.165, 1.54) is 12.1 Å². The van der Waals surface area contributed by atoms with Gasteiger partial charge in [-0.15, -0.1) is 0 Å².